The highest BCUT2D eigenvalue weighted by Crippen LogP contribution is 2.23. The molecule has 0 aromatic rings. The second-order valence-corrected chi connectivity index (χ2v) is 14.1. The molecule has 0 unspecified atom stereocenters. The van der Waals surface area contributed by atoms with E-state index in [0.717, 1.165) is 0 Å². The number of Topliss-reactive ketones (excluding diaryl/α,β-unsaturated/α-hetero) is 2. The van der Waals surface area contributed by atoms with Crippen molar-refractivity contribution in [1.82, 2.24) is 15.5 Å². The normalized spacial score (nSPS) is 15.3. The highest BCUT2D eigenvalue weighted by Gasteiger charge is 2.38. The Morgan fingerprint density at radius 2 is 1.42 bits per heavy atom. The van der Waals surface area contributed by atoms with Gasteiger partial charge in [-0.25, -0.2) is 9.59 Å². The first kappa shape index (κ1) is 47.8. The van der Waals surface area contributed by atoms with Gasteiger partial charge >= 0.3 is 18.1 Å². The number of ether oxygens (including phenoxy) is 1. The first-order valence-corrected chi connectivity index (χ1v) is 17.3. The lowest BCUT2D eigenvalue weighted by molar-refractivity contribution is -0.192. The number of hydrogen-bond acceptors (Lipinski definition) is 10. The van der Waals surface area contributed by atoms with Gasteiger partial charge in [0.15, 0.2) is 0 Å². The lowest BCUT2D eigenvalue weighted by Gasteiger charge is -2.26. The Hall–Kier alpha value is -4.15. The van der Waals surface area contributed by atoms with E-state index in [0.29, 0.717) is 58.0 Å². The van der Waals surface area contributed by atoms with Crippen LogP contribution >= 0.6 is 0 Å². The largest absolute Gasteiger partial charge is 0.490 e. The SMILES string of the molecule is CC(C)[C@H](CC(=O)CCCCCN1C(=O)C=CC1=O)C(=O)C[C@@H](C)C(=O)N[C@@H](CCCCNC(=O)[C@@H](C)N)C(=O)OC(C)(C)C.O=C(O)C(F)(F)F. The Labute approximate surface area is 302 Å². The molecule has 1 aliphatic rings. The van der Waals surface area contributed by atoms with Crippen LogP contribution in [0.3, 0.4) is 0 Å². The lowest BCUT2D eigenvalue weighted by atomic mass is 9.82. The lowest BCUT2D eigenvalue weighted by Crippen LogP contribution is -2.46. The van der Waals surface area contributed by atoms with Crippen LogP contribution in [0.25, 0.3) is 0 Å². The number of unbranched alkanes of at least 4 members (excludes halogenated alkanes) is 3. The van der Waals surface area contributed by atoms with Crippen molar-refractivity contribution in [3.63, 3.8) is 0 Å². The summed E-state index contributed by atoms with van der Waals surface area (Å²) >= 11 is 0. The number of amides is 4. The molecule has 0 aliphatic carbocycles. The van der Waals surface area contributed by atoms with E-state index in [1.54, 1.807) is 34.6 Å². The van der Waals surface area contributed by atoms with Crippen molar-refractivity contribution in [2.45, 2.75) is 130 Å². The molecule has 0 aromatic carbocycles. The number of alkyl halides is 3. The number of carbonyl (C=O) groups excluding carboxylic acids is 7. The molecule has 0 aromatic heterocycles. The zero-order valence-corrected chi connectivity index (χ0v) is 31.1. The Bertz CT molecular complexity index is 1270. The molecule has 52 heavy (non-hydrogen) atoms. The minimum absolute atomic E-state index is 0.0451. The minimum Gasteiger partial charge on any atom is -0.475 e. The highest BCUT2D eigenvalue weighted by molar-refractivity contribution is 6.12. The maximum atomic E-state index is 13.2. The second kappa shape index (κ2) is 22.7. The van der Waals surface area contributed by atoms with Crippen molar-refractivity contribution in [1.29, 1.82) is 0 Å². The number of nitrogens with zero attached hydrogens (tertiary/aromatic N) is 1. The summed E-state index contributed by atoms with van der Waals surface area (Å²) in [5.74, 6) is -6.29. The number of esters is 1. The number of rotatable bonds is 21. The molecule has 0 saturated heterocycles. The predicted octanol–water partition coefficient (Wildman–Crippen LogP) is 3.39. The molecule has 0 spiro atoms. The first-order chi connectivity index (χ1) is 23.9. The number of aliphatic carboxylic acids is 1. The second-order valence-electron chi connectivity index (χ2n) is 14.1. The van der Waals surface area contributed by atoms with Gasteiger partial charge in [-0.3, -0.25) is 33.7 Å². The summed E-state index contributed by atoms with van der Waals surface area (Å²) in [6.45, 7) is 12.8. The molecule has 17 heteroatoms. The molecular weight excluding hydrogens is 693 g/mol. The molecule has 4 amide bonds. The topological polar surface area (TPSA) is 219 Å². The smallest absolute Gasteiger partial charge is 0.475 e. The fourth-order valence-electron chi connectivity index (χ4n) is 4.82. The van der Waals surface area contributed by atoms with Gasteiger partial charge in [0.2, 0.25) is 11.8 Å². The van der Waals surface area contributed by atoms with Gasteiger partial charge in [-0.1, -0.05) is 27.2 Å². The van der Waals surface area contributed by atoms with Gasteiger partial charge in [0.05, 0.1) is 6.04 Å². The molecule has 0 radical (unpaired) electrons. The summed E-state index contributed by atoms with van der Waals surface area (Å²) in [6.07, 6.45) is 0.951. The Kier molecular flexibility index (Phi) is 20.9. The number of nitrogens with two attached hydrogens (primary N) is 1. The summed E-state index contributed by atoms with van der Waals surface area (Å²) in [7, 11) is 0. The summed E-state index contributed by atoms with van der Waals surface area (Å²) in [5.41, 5.74) is 4.79. The maximum absolute atomic E-state index is 13.2. The molecule has 0 fully saturated rings. The summed E-state index contributed by atoms with van der Waals surface area (Å²) in [6, 6.07) is -1.54. The van der Waals surface area contributed by atoms with Crippen LogP contribution in [-0.4, -0.2) is 94.1 Å². The number of carbonyl (C=O) groups is 8. The van der Waals surface area contributed by atoms with Crippen LogP contribution in [0.15, 0.2) is 12.2 Å². The molecule has 1 rings (SSSR count). The monoisotopic (exact) mass is 748 g/mol. The van der Waals surface area contributed by atoms with Crippen LogP contribution in [0.4, 0.5) is 13.2 Å². The van der Waals surface area contributed by atoms with E-state index in [1.807, 2.05) is 13.8 Å². The zero-order valence-electron chi connectivity index (χ0n) is 31.1. The third-order valence-corrected chi connectivity index (χ3v) is 7.74. The summed E-state index contributed by atoms with van der Waals surface area (Å²) in [5, 5.41) is 12.6. The van der Waals surface area contributed by atoms with E-state index < -0.39 is 53.5 Å². The fraction of sp³-hybridized carbons (Fsp3) is 0.714. The summed E-state index contributed by atoms with van der Waals surface area (Å²) < 4.78 is 37.2. The van der Waals surface area contributed by atoms with Gasteiger partial charge in [0.1, 0.15) is 23.2 Å². The van der Waals surface area contributed by atoms with E-state index in [9.17, 15) is 46.7 Å². The van der Waals surface area contributed by atoms with Crippen LogP contribution < -0.4 is 16.4 Å². The molecular formula is C35H55F3N4O10. The third kappa shape index (κ3) is 20.0. The van der Waals surface area contributed by atoms with Gasteiger partial charge in [-0.05, 0) is 65.7 Å². The molecule has 5 N–H and O–H groups in total. The van der Waals surface area contributed by atoms with Crippen molar-refractivity contribution in [3.05, 3.63) is 12.2 Å². The third-order valence-electron chi connectivity index (χ3n) is 7.74. The number of nitrogens with one attached hydrogen (secondary N) is 2. The highest BCUT2D eigenvalue weighted by atomic mass is 19.4. The molecule has 296 valence electrons. The average molecular weight is 749 g/mol. The molecule has 1 heterocycles. The molecule has 4 atom stereocenters. The maximum Gasteiger partial charge on any atom is 0.490 e. The van der Waals surface area contributed by atoms with Crippen molar-refractivity contribution < 1.29 is 61.4 Å². The molecule has 0 saturated carbocycles. The van der Waals surface area contributed by atoms with Crippen LogP contribution in [0.1, 0.15) is 106 Å². The Morgan fingerprint density at radius 1 is 0.865 bits per heavy atom. The van der Waals surface area contributed by atoms with Gasteiger partial charge in [-0.2, -0.15) is 13.2 Å². The van der Waals surface area contributed by atoms with E-state index in [1.165, 1.54) is 17.1 Å². The number of hydrogen-bond donors (Lipinski definition) is 4. The van der Waals surface area contributed by atoms with Crippen LogP contribution in [0.5, 0.6) is 0 Å². The zero-order chi connectivity index (χ0) is 40.4. The fourth-order valence-corrected chi connectivity index (χ4v) is 4.82. The van der Waals surface area contributed by atoms with E-state index >= 15 is 0 Å². The molecule has 0 bridgehead atoms. The van der Waals surface area contributed by atoms with Gasteiger partial charge in [-0.15, -0.1) is 0 Å². The number of ketones is 2. The Balaban J connectivity index is 0.00000335. The van der Waals surface area contributed by atoms with Gasteiger partial charge < -0.3 is 26.2 Å². The standard InChI is InChI=1S/C33H54N4O8.C2HF3O2/c1-21(2)25(20-24(38)13-9-8-12-18-37-28(40)15-16-29(37)41)27(39)19-22(3)30(42)36-26(32(44)45-33(5,6)7)14-10-11-17-35-31(43)23(4)34;3-2(4,5)1(6)7/h15-16,21-23,25-26H,8-14,17-20,34H2,1-7H3,(H,35,43)(H,36,42);(H,6,7)/t22-,23-,25+,26+;/m1./s1. The molecule has 1 aliphatic heterocycles. The number of imide groups is 1. The number of carboxylic acids is 1. The van der Waals surface area contributed by atoms with E-state index in [-0.39, 0.29) is 48.0 Å². The van der Waals surface area contributed by atoms with Crippen molar-refractivity contribution in [2.24, 2.45) is 23.5 Å². The van der Waals surface area contributed by atoms with Gasteiger partial charge in [0, 0.05) is 56.3 Å². The van der Waals surface area contributed by atoms with Crippen LogP contribution in [0.2, 0.25) is 0 Å². The first-order valence-electron chi connectivity index (χ1n) is 17.3. The van der Waals surface area contributed by atoms with Gasteiger partial charge in [0.25, 0.3) is 11.8 Å². The summed E-state index contributed by atoms with van der Waals surface area (Å²) in [4.78, 5) is 96.9. The number of halogens is 3. The van der Waals surface area contributed by atoms with Crippen LogP contribution in [0, 0.1) is 17.8 Å². The predicted molar refractivity (Wildman–Crippen MR) is 183 cm³/mol. The molecule has 14 nitrogen and oxygen atoms in total. The van der Waals surface area contributed by atoms with E-state index in [2.05, 4.69) is 10.6 Å². The van der Waals surface area contributed by atoms with Crippen molar-refractivity contribution >= 4 is 47.1 Å². The average Bonchev–Trinajstić information content (AvgIpc) is 3.33. The van der Waals surface area contributed by atoms with Crippen LogP contribution in [-0.2, 0) is 43.1 Å². The minimum atomic E-state index is -5.08. The Morgan fingerprint density at radius 3 is 1.90 bits per heavy atom. The van der Waals surface area contributed by atoms with Crippen molar-refractivity contribution in [2.75, 3.05) is 13.1 Å². The number of carboxylic acid groups (broad SMARTS) is 1. The van der Waals surface area contributed by atoms with Crippen molar-refractivity contribution in [3.8, 4) is 0 Å². The quantitative estimate of drug-likeness (QED) is 0.0757. The van der Waals surface area contributed by atoms with E-state index in [4.69, 9.17) is 20.4 Å².